The van der Waals surface area contributed by atoms with Crippen molar-refractivity contribution < 1.29 is 19.5 Å². The number of hydrogen-bond donors (Lipinski definition) is 3. The predicted molar refractivity (Wildman–Crippen MR) is 94.4 cm³/mol. The number of urea groups is 1. The van der Waals surface area contributed by atoms with Crippen molar-refractivity contribution in [3.8, 4) is 0 Å². The third kappa shape index (κ3) is 6.10. The fraction of sp³-hybridized carbons (Fsp3) is 0.500. The first kappa shape index (κ1) is 18.8. The third-order valence-electron chi connectivity index (χ3n) is 4.32. The van der Waals surface area contributed by atoms with Crippen LogP contribution in [0.15, 0.2) is 24.3 Å². The van der Waals surface area contributed by atoms with E-state index in [1.54, 1.807) is 11.0 Å². The molecule has 1 heterocycles. The van der Waals surface area contributed by atoms with Crippen LogP contribution in [0, 0.1) is 6.92 Å². The van der Waals surface area contributed by atoms with Crippen LogP contribution in [0.2, 0.25) is 0 Å². The minimum Gasteiger partial charge on any atom is -0.481 e. The molecule has 0 saturated carbocycles. The number of likely N-dealkylation sites (tertiary alicyclic amines) is 1. The summed E-state index contributed by atoms with van der Waals surface area (Å²) in [5.41, 5.74) is 1.70. The molecule has 3 amide bonds. The van der Waals surface area contributed by atoms with Crippen molar-refractivity contribution in [3.63, 3.8) is 0 Å². The van der Waals surface area contributed by atoms with Crippen LogP contribution >= 0.6 is 0 Å². The van der Waals surface area contributed by atoms with Gasteiger partial charge in [-0.3, -0.25) is 9.59 Å². The number of aryl methyl sites for hydroxylation is 1. The van der Waals surface area contributed by atoms with Crippen LogP contribution in [0.1, 0.15) is 37.7 Å². The summed E-state index contributed by atoms with van der Waals surface area (Å²) in [6.45, 7) is 2.45. The molecule has 1 aliphatic rings. The average Bonchev–Trinajstić information content (AvgIpc) is 2.58. The van der Waals surface area contributed by atoms with Crippen LogP contribution < -0.4 is 10.6 Å². The maximum atomic E-state index is 12.4. The number of piperidine rings is 1. The lowest BCUT2D eigenvalue weighted by molar-refractivity contribution is -0.139. The molecule has 25 heavy (non-hydrogen) atoms. The molecule has 0 spiro atoms. The highest BCUT2D eigenvalue weighted by atomic mass is 16.4. The van der Waals surface area contributed by atoms with Gasteiger partial charge in [0.1, 0.15) is 0 Å². The van der Waals surface area contributed by atoms with Crippen LogP contribution in [0.4, 0.5) is 10.5 Å². The molecule has 2 rings (SSSR count). The van der Waals surface area contributed by atoms with Gasteiger partial charge in [0.15, 0.2) is 0 Å². The third-order valence-corrected chi connectivity index (χ3v) is 4.32. The molecule has 136 valence electrons. The first-order chi connectivity index (χ1) is 12.0. The number of nitrogens with one attached hydrogen (secondary N) is 2. The Morgan fingerprint density at radius 2 is 2.08 bits per heavy atom. The quantitative estimate of drug-likeness (QED) is 0.735. The maximum Gasteiger partial charge on any atom is 0.319 e. The largest absolute Gasteiger partial charge is 0.481 e. The van der Waals surface area contributed by atoms with Crippen LogP contribution in [0.25, 0.3) is 0 Å². The van der Waals surface area contributed by atoms with Gasteiger partial charge in [0.2, 0.25) is 5.91 Å². The zero-order valence-electron chi connectivity index (χ0n) is 14.5. The molecule has 7 nitrogen and oxygen atoms in total. The Morgan fingerprint density at radius 1 is 1.28 bits per heavy atom. The second-order valence-corrected chi connectivity index (χ2v) is 6.35. The molecular formula is C18H25N3O4. The van der Waals surface area contributed by atoms with Gasteiger partial charge >= 0.3 is 12.0 Å². The summed E-state index contributed by atoms with van der Waals surface area (Å²) in [5.74, 6) is -1.02. The smallest absolute Gasteiger partial charge is 0.319 e. The van der Waals surface area contributed by atoms with Crippen molar-refractivity contribution in [2.24, 2.45) is 0 Å². The lowest BCUT2D eigenvalue weighted by Gasteiger charge is -2.35. The van der Waals surface area contributed by atoms with Gasteiger partial charge in [0.05, 0.1) is 6.54 Å². The lowest BCUT2D eigenvalue weighted by Crippen LogP contribution is -2.48. The highest BCUT2D eigenvalue weighted by molar-refractivity contribution is 5.92. The molecule has 3 N–H and O–H groups in total. The van der Waals surface area contributed by atoms with E-state index in [1.807, 2.05) is 25.1 Å². The van der Waals surface area contributed by atoms with Gasteiger partial charge in [0, 0.05) is 24.7 Å². The number of aliphatic carboxylic acids is 1. The van der Waals surface area contributed by atoms with Gasteiger partial charge in [0.25, 0.3) is 0 Å². The van der Waals surface area contributed by atoms with Crippen LogP contribution in [-0.2, 0) is 9.59 Å². The van der Waals surface area contributed by atoms with E-state index < -0.39 is 12.0 Å². The topological polar surface area (TPSA) is 98.7 Å². The summed E-state index contributed by atoms with van der Waals surface area (Å²) in [6, 6.07) is 6.91. The maximum absolute atomic E-state index is 12.4. The average molecular weight is 347 g/mol. The second kappa shape index (κ2) is 9.05. The molecule has 0 radical (unpaired) electrons. The molecule has 1 fully saturated rings. The number of carboxylic acids is 1. The normalized spacial score (nSPS) is 17.0. The number of carbonyl (C=O) groups is 3. The fourth-order valence-electron chi connectivity index (χ4n) is 3.07. The van der Waals surface area contributed by atoms with Crippen LogP contribution in [0.3, 0.4) is 0 Å². The predicted octanol–water partition coefficient (Wildman–Crippen LogP) is 2.36. The molecule has 0 aromatic heterocycles. The number of carboxylic acid groups (broad SMARTS) is 1. The minimum absolute atomic E-state index is 0.0513. The summed E-state index contributed by atoms with van der Waals surface area (Å²) in [6.07, 6.45) is 3.22. The van der Waals surface area contributed by atoms with E-state index in [2.05, 4.69) is 10.6 Å². The van der Waals surface area contributed by atoms with Crippen molar-refractivity contribution >= 4 is 23.6 Å². The summed E-state index contributed by atoms with van der Waals surface area (Å²) >= 11 is 0. The lowest BCUT2D eigenvalue weighted by atomic mass is 9.98. The molecule has 1 aliphatic heterocycles. The fourth-order valence-corrected chi connectivity index (χ4v) is 3.07. The van der Waals surface area contributed by atoms with E-state index in [0.717, 1.165) is 24.8 Å². The van der Waals surface area contributed by atoms with E-state index in [1.165, 1.54) is 0 Å². The van der Waals surface area contributed by atoms with Crippen LogP contribution in [0.5, 0.6) is 0 Å². The Labute approximate surface area is 147 Å². The van der Waals surface area contributed by atoms with Gasteiger partial charge in [-0.2, -0.15) is 0 Å². The van der Waals surface area contributed by atoms with E-state index in [9.17, 15) is 14.4 Å². The molecular weight excluding hydrogens is 322 g/mol. The zero-order valence-corrected chi connectivity index (χ0v) is 14.5. The number of hydrogen-bond acceptors (Lipinski definition) is 3. The number of amides is 3. The highest BCUT2D eigenvalue weighted by Crippen LogP contribution is 2.21. The summed E-state index contributed by atoms with van der Waals surface area (Å²) < 4.78 is 0. The first-order valence-electron chi connectivity index (χ1n) is 8.58. The minimum atomic E-state index is -0.853. The summed E-state index contributed by atoms with van der Waals surface area (Å²) in [4.78, 5) is 36.8. The van der Waals surface area contributed by atoms with Gasteiger partial charge in [-0.05, 0) is 50.3 Å². The standard InChI is InChI=1S/C18H25N3O4/c1-13-5-4-6-14(11-13)20-18(25)19-12-16(22)21-10-3-2-7-15(21)8-9-17(23)24/h4-6,11,15H,2-3,7-10,12H2,1H3,(H,23,24)(H2,19,20,25). The molecule has 1 atom stereocenters. The number of benzene rings is 1. The molecule has 1 aromatic carbocycles. The Bertz CT molecular complexity index is 633. The molecule has 1 aromatic rings. The van der Waals surface area contributed by atoms with E-state index >= 15 is 0 Å². The molecule has 7 heteroatoms. The Balaban J connectivity index is 1.82. The SMILES string of the molecule is Cc1cccc(NC(=O)NCC(=O)N2CCCCC2CCC(=O)O)c1. The van der Waals surface area contributed by atoms with Crippen molar-refractivity contribution in [2.75, 3.05) is 18.4 Å². The van der Waals surface area contributed by atoms with Gasteiger partial charge in [-0.15, -0.1) is 0 Å². The van der Waals surface area contributed by atoms with Gasteiger partial charge in [-0.1, -0.05) is 12.1 Å². The highest BCUT2D eigenvalue weighted by Gasteiger charge is 2.27. The van der Waals surface area contributed by atoms with Crippen molar-refractivity contribution in [1.29, 1.82) is 0 Å². The number of anilines is 1. The number of rotatable bonds is 6. The zero-order chi connectivity index (χ0) is 18.2. The van der Waals surface area contributed by atoms with E-state index in [0.29, 0.717) is 18.7 Å². The second-order valence-electron chi connectivity index (χ2n) is 6.35. The summed E-state index contributed by atoms with van der Waals surface area (Å²) in [7, 11) is 0. The van der Waals surface area contributed by atoms with Crippen molar-refractivity contribution in [1.82, 2.24) is 10.2 Å². The molecule has 1 unspecified atom stereocenters. The Kier molecular flexibility index (Phi) is 6.80. The van der Waals surface area contributed by atoms with E-state index in [4.69, 9.17) is 5.11 Å². The number of carbonyl (C=O) groups excluding carboxylic acids is 2. The Morgan fingerprint density at radius 3 is 2.80 bits per heavy atom. The molecule has 1 saturated heterocycles. The van der Waals surface area contributed by atoms with Crippen LogP contribution in [-0.4, -0.2) is 47.0 Å². The van der Waals surface area contributed by atoms with E-state index in [-0.39, 0.29) is 24.9 Å². The van der Waals surface area contributed by atoms with Gasteiger partial charge < -0.3 is 20.6 Å². The Hall–Kier alpha value is -2.57. The number of nitrogens with zero attached hydrogens (tertiary/aromatic N) is 1. The monoisotopic (exact) mass is 347 g/mol. The van der Waals surface area contributed by atoms with Gasteiger partial charge in [-0.25, -0.2) is 4.79 Å². The van der Waals surface area contributed by atoms with Crippen molar-refractivity contribution in [2.45, 2.75) is 45.1 Å². The van der Waals surface area contributed by atoms with Crippen molar-refractivity contribution in [3.05, 3.63) is 29.8 Å². The summed E-state index contributed by atoms with van der Waals surface area (Å²) in [5, 5.41) is 14.1. The first-order valence-corrected chi connectivity index (χ1v) is 8.58. The molecule has 0 aliphatic carbocycles. The molecule has 0 bridgehead atoms.